The van der Waals surface area contributed by atoms with Gasteiger partial charge in [0.05, 0.1) is 18.3 Å². The molecule has 4 heterocycles. The molecule has 1 aliphatic carbocycles. The Kier molecular flexibility index (Phi) is 9.07. The van der Waals surface area contributed by atoms with Crippen molar-refractivity contribution in [3.8, 4) is 0 Å². The molecule has 0 spiro atoms. The summed E-state index contributed by atoms with van der Waals surface area (Å²) >= 11 is 0. The number of hydrogen-bond acceptors (Lipinski definition) is 4. The van der Waals surface area contributed by atoms with Crippen LogP contribution in [0.4, 0.5) is 43.9 Å². The van der Waals surface area contributed by atoms with E-state index in [0.29, 0.717) is 19.3 Å². The van der Waals surface area contributed by atoms with E-state index in [0.717, 1.165) is 0 Å². The van der Waals surface area contributed by atoms with Crippen molar-refractivity contribution < 1.29 is 62.9 Å². The molecule has 4 saturated heterocycles. The predicted octanol–water partition coefficient (Wildman–Crippen LogP) is 9.35. The van der Waals surface area contributed by atoms with Crippen LogP contribution < -0.4 is 0 Å². The zero-order chi connectivity index (χ0) is 32.4. The Morgan fingerprint density at radius 1 is 0.791 bits per heavy atom. The Bertz CT molecular complexity index is 949. The maximum atomic E-state index is 14.9. The van der Waals surface area contributed by atoms with E-state index in [1.54, 1.807) is 27.7 Å². The fourth-order valence-corrected chi connectivity index (χ4v) is 8.24. The topological polar surface area (TPSA) is 36.9 Å². The van der Waals surface area contributed by atoms with E-state index < -0.39 is 90.1 Å². The smallest absolute Gasteiger partial charge is 0.374 e. The summed E-state index contributed by atoms with van der Waals surface area (Å²) in [5.41, 5.74) is -10.0. The van der Waals surface area contributed by atoms with Gasteiger partial charge in [-0.25, -0.2) is 4.39 Å². The Balaban J connectivity index is 1.60. The van der Waals surface area contributed by atoms with Crippen LogP contribution >= 0.6 is 0 Å². The molecule has 0 amide bonds. The fourth-order valence-electron chi connectivity index (χ4n) is 8.24. The van der Waals surface area contributed by atoms with Crippen LogP contribution in [0.25, 0.3) is 0 Å². The lowest BCUT2D eigenvalue weighted by molar-refractivity contribution is -0.461. The number of fused-ring (bicyclic) bond motifs is 3. The minimum atomic E-state index is -5.82. The molecule has 1 saturated carbocycles. The lowest BCUT2D eigenvalue weighted by atomic mass is 9.51. The molecule has 252 valence electrons. The van der Waals surface area contributed by atoms with E-state index in [2.05, 4.69) is 0 Å². The molecule has 4 atom stereocenters. The van der Waals surface area contributed by atoms with Crippen LogP contribution in [0.2, 0.25) is 0 Å². The highest BCUT2D eigenvalue weighted by atomic mass is 19.4. The molecule has 0 N–H and O–H groups in total. The third-order valence-corrected chi connectivity index (χ3v) is 11.0. The van der Waals surface area contributed by atoms with E-state index in [1.807, 2.05) is 0 Å². The van der Waals surface area contributed by atoms with Crippen LogP contribution in [-0.2, 0) is 18.9 Å². The Hall–Kier alpha value is -0.860. The van der Waals surface area contributed by atoms with Crippen LogP contribution in [0.1, 0.15) is 105 Å². The Morgan fingerprint density at radius 3 is 1.84 bits per heavy atom. The standard InChI is InChI=1S/C29H42F10O4/c1-5-22(4,19-9-8-11-25(30,42-19)27(31,32)33)17-21(2,3)24-14-12-23(13-15-24,18-41-24)26(28(34,35)36,29(37,38)39)43-20-10-6-7-16-40-20/h19-20H,5-18H2,1-4H3. The first-order chi connectivity index (χ1) is 19.5. The van der Waals surface area contributed by atoms with Crippen molar-refractivity contribution in [2.75, 3.05) is 13.2 Å². The van der Waals surface area contributed by atoms with Gasteiger partial charge in [-0.3, -0.25) is 0 Å². The van der Waals surface area contributed by atoms with E-state index in [-0.39, 0.29) is 45.1 Å². The second kappa shape index (κ2) is 11.1. The fraction of sp³-hybridized carbons (Fsp3) is 1.00. The minimum absolute atomic E-state index is 0.00926. The molecule has 5 rings (SSSR count). The molecule has 2 bridgehead atoms. The average molecular weight is 645 g/mol. The summed E-state index contributed by atoms with van der Waals surface area (Å²) in [6.07, 6.45) is -20.4. The summed E-state index contributed by atoms with van der Waals surface area (Å²) in [6, 6.07) is 0. The molecular formula is C29H42F10O4. The largest absolute Gasteiger partial charge is 0.448 e. The van der Waals surface area contributed by atoms with Gasteiger partial charge in [-0.2, -0.15) is 39.5 Å². The monoisotopic (exact) mass is 644 g/mol. The molecule has 14 heteroatoms. The molecule has 0 aromatic heterocycles. The summed E-state index contributed by atoms with van der Waals surface area (Å²) in [4.78, 5) is 0. The van der Waals surface area contributed by atoms with Crippen LogP contribution in [0.3, 0.4) is 0 Å². The van der Waals surface area contributed by atoms with Gasteiger partial charge < -0.3 is 18.9 Å². The number of alkyl halides is 10. The van der Waals surface area contributed by atoms with Gasteiger partial charge in [-0.05, 0) is 81.5 Å². The second-order valence-electron chi connectivity index (χ2n) is 13.9. The van der Waals surface area contributed by atoms with Gasteiger partial charge in [0.15, 0.2) is 6.29 Å². The molecule has 5 aliphatic rings. The predicted molar refractivity (Wildman–Crippen MR) is 135 cm³/mol. The maximum absolute atomic E-state index is 14.9. The lowest BCUT2D eigenvalue weighted by Crippen LogP contribution is -2.75. The van der Waals surface area contributed by atoms with Gasteiger partial charge in [-0.1, -0.05) is 27.7 Å². The third kappa shape index (κ3) is 5.70. The van der Waals surface area contributed by atoms with Crippen LogP contribution in [0.15, 0.2) is 0 Å². The number of rotatable bonds is 8. The molecule has 43 heavy (non-hydrogen) atoms. The van der Waals surface area contributed by atoms with Crippen molar-refractivity contribution in [3.63, 3.8) is 0 Å². The maximum Gasteiger partial charge on any atom is 0.448 e. The van der Waals surface area contributed by atoms with Gasteiger partial charge >= 0.3 is 24.4 Å². The van der Waals surface area contributed by atoms with Gasteiger partial charge in [0.1, 0.15) is 0 Å². The molecule has 4 nitrogen and oxygen atoms in total. The Morgan fingerprint density at radius 2 is 1.40 bits per heavy atom. The molecule has 4 aliphatic heterocycles. The quantitative estimate of drug-likeness (QED) is 0.247. The first-order valence-electron chi connectivity index (χ1n) is 15.0. The number of halogens is 10. The van der Waals surface area contributed by atoms with Crippen molar-refractivity contribution in [1.29, 1.82) is 0 Å². The molecule has 4 unspecified atom stereocenters. The van der Waals surface area contributed by atoms with Gasteiger partial charge in [0.2, 0.25) is 0 Å². The number of hydrogen-bond donors (Lipinski definition) is 0. The first-order valence-corrected chi connectivity index (χ1v) is 15.0. The Labute approximate surface area is 245 Å². The van der Waals surface area contributed by atoms with E-state index in [9.17, 15) is 43.9 Å². The van der Waals surface area contributed by atoms with Crippen molar-refractivity contribution in [2.24, 2.45) is 16.2 Å². The van der Waals surface area contributed by atoms with Crippen LogP contribution in [-0.4, -0.2) is 61.2 Å². The average Bonchev–Trinajstić information content (AvgIpc) is 2.91. The highest BCUT2D eigenvalue weighted by molar-refractivity contribution is 5.18. The lowest BCUT2D eigenvalue weighted by Gasteiger charge is -2.64. The summed E-state index contributed by atoms with van der Waals surface area (Å²) < 4.78 is 165. The van der Waals surface area contributed by atoms with Crippen molar-refractivity contribution in [3.05, 3.63) is 0 Å². The highest BCUT2D eigenvalue weighted by Crippen LogP contribution is 2.68. The molecule has 0 radical (unpaired) electrons. The third-order valence-electron chi connectivity index (χ3n) is 11.0. The van der Waals surface area contributed by atoms with Crippen molar-refractivity contribution >= 4 is 0 Å². The molecule has 5 fully saturated rings. The van der Waals surface area contributed by atoms with Gasteiger partial charge in [0, 0.05) is 18.4 Å². The summed E-state index contributed by atoms with van der Waals surface area (Å²) in [5.74, 6) is -3.79. The molecular weight excluding hydrogens is 602 g/mol. The van der Waals surface area contributed by atoms with E-state index in [4.69, 9.17) is 18.9 Å². The SMILES string of the molecule is CCC(C)(CC(C)(C)C12CCC(C(OC3CCCCO3)(C(F)(F)F)C(F)(F)F)(CC1)CO2)C1CCCC(F)(C(F)(F)F)O1. The second-order valence-corrected chi connectivity index (χ2v) is 13.9. The van der Waals surface area contributed by atoms with Crippen molar-refractivity contribution in [1.82, 2.24) is 0 Å². The minimum Gasteiger partial charge on any atom is -0.374 e. The van der Waals surface area contributed by atoms with Gasteiger partial charge in [-0.15, -0.1) is 0 Å². The van der Waals surface area contributed by atoms with Crippen molar-refractivity contribution in [2.45, 2.75) is 153 Å². The van der Waals surface area contributed by atoms with E-state index in [1.165, 1.54) is 0 Å². The molecule has 0 aromatic carbocycles. The van der Waals surface area contributed by atoms with Crippen LogP contribution in [0, 0.1) is 16.2 Å². The highest BCUT2D eigenvalue weighted by Gasteiger charge is 2.83. The van der Waals surface area contributed by atoms with Crippen LogP contribution in [0.5, 0.6) is 0 Å². The molecule has 0 aromatic rings. The normalized spacial score (nSPS) is 36.4. The number of ether oxygens (including phenoxy) is 4. The zero-order valence-corrected chi connectivity index (χ0v) is 25.0. The van der Waals surface area contributed by atoms with E-state index >= 15 is 0 Å². The summed E-state index contributed by atoms with van der Waals surface area (Å²) in [5, 5.41) is 0. The summed E-state index contributed by atoms with van der Waals surface area (Å²) in [6.45, 7) is 6.05. The summed E-state index contributed by atoms with van der Waals surface area (Å²) in [7, 11) is 0. The zero-order valence-electron chi connectivity index (χ0n) is 25.0. The van der Waals surface area contributed by atoms with Gasteiger partial charge in [0.25, 0.3) is 5.60 Å². The first kappa shape index (κ1) is 35.0.